The normalized spacial score (nSPS) is 10.6. The topological polar surface area (TPSA) is 84.1 Å². The maximum Gasteiger partial charge on any atom is 0.346 e. The standard InChI is InChI=1S/C10H7NO3/c11-6-8(10(13)14)4-7-2-1-3-9(12)5-7/h1-5,12H,(H,13,14)/p-1/b8-4+. The summed E-state index contributed by atoms with van der Waals surface area (Å²) in [5.74, 6) is -1.52. The molecule has 70 valence electrons. The predicted molar refractivity (Wildman–Crippen MR) is 47.1 cm³/mol. The van der Waals surface area contributed by atoms with Crippen molar-refractivity contribution >= 4 is 12.0 Å². The first-order valence-electron chi connectivity index (χ1n) is 3.75. The average molecular weight is 188 g/mol. The number of nitrogens with zero attached hydrogens (tertiary/aromatic N) is 1. The maximum atomic E-state index is 10.9. The summed E-state index contributed by atoms with van der Waals surface area (Å²) in [6.45, 7) is 0. The highest BCUT2D eigenvalue weighted by Crippen LogP contribution is 2.11. The first kappa shape index (κ1) is 9.81. The number of benzene rings is 1. The van der Waals surface area contributed by atoms with Crippen molar-refractivity contribution in [1.82, 2.24) is 0 Å². The number of nitriles is 1. The zero-order valence-electron chi connectivity index (χ0n) is 7.10. The number of carboxylic acids is 1. The molecular weight excluding hydrogens is 182 g/mol. The fourth-order valence-electron chi connectivity index (χ4n) is 0.913. The molecule has 1 rings (SSSR count). The number of rotatable bonds is 2. The summed E-state index contributed by atoms with van der Waals surface area (Å²) < 4.78 is 0. The van der Waals surface area contributed by atoms with E-state index in [-0.39, 0.29) is 5.75 Å². The van der Waals surface area contributed by atoms with Crippen molar-refractivity contribution in [3.63, 3.8) is 0 Å². The quantitative estimate of drug-likeness (QED) is 0.548. The molecule has 0 fully saturated rings. The van der Waals surface area contributed by atoms with Crippen LogP contribution in [0.5, 0.6) is 5.75 Å². The van der Waals surface area contributed by atoms with Crippen molar-refractivity contribution in [2.45, 2.75) is 0 Å². The summed E-state index contributed by atoms with van der Waals surface area (Å²) >= 11 is 0. The van der Waals surface area contributed by atoms with Gasteiger partial charge >= 0.3 is 5.97 Å². The number of hydrogen-bond donors (Lipinski definition) is 1. The molecule has 1 aromatic rings. The molecule has 0 unspecified atom stereocenters. The molecule has 0 radical (unpaired) electrons. The van der Waals surface area contributed by atoms with Gasteiger partial charge in [0.15, 0.2) is 0 Å². The Morgan fingerprint density at radius 2 is 2.29 bits per heavy atom. The van der Waals surface area contributed by atoms with Crippen LogP contribution in [0.1, 0.15) is 5.56 Å². The second-order valence-corrected chi connectivity index (χ2v) is 2.55. The summed E-state index contributed by atoms with van der Waals surface area (Å²) in [5.41, 5.74) is 0.0204. The highest BCUT2D eigenvalue weighted by Gasteiger charge is 2.04. The SMILES string of the molecule is N#C/C(=C\c1cccc([O-])c1)C(=O)O. The van der Waals surface area contributed by atoms with Crippen LogP contribution in [-0.2, 0) is 4.79 Å². The number of carbonyl (C=O) groups is 1. The van der Waals surface area contributed by atoms with E-state index in [4.69, 9.17) is 10.4 Å². The van der Waals surface area contributed by atoms with Crippen LogP contribution in [0.4, 0.5) is 0 Å². The molecule has 0 atom stereocenters. The maximum absolute atomic E-state index is 10.9. The Labute approximate surface area is 80.3 Å². The number of aliphatic carboxylic acids is 1. The lowest BCUT2D eigenvalue weighted by molar-refractivity contribution is -0.268. The van der Waals surface area contributed by atoms with Crippen molar-refractivity contribution in [3.05, 3.63) is 35.4 Å². The van der Waals surface area contributed by atoms with Crippen LogP contribution in [0, 0.1) is 11.3 Å². The second-order valence-electron chi connectivity index (χ2n) is 2.55. The fourth-order valence-corrected chi connectivity index (χ4v) is 0.913. The Balaban J connectivity index is 3.08. The molecule has 0 aromatic heterocycles. The molecule has 0 heterocycles. The highest BCUT2D eigenvalue weighted by atomic mass is 16.4. The lowest BCUT2D eigenvalue weighted by Gasteiger charge is -2.04. The van der Waals surface area contributed by atoms with Gasteiger partial charge in [-0.25, -0.2) is 4.79 Å². The third kappa shape index (κ3) is 2.35. The molecule has 0 aliphatic carbocycles. The molecule has 4 nitrogen and oxygen atoms in total. The minimum Gasteiger partial charge on any atom is -0.872 e. The van der Waals surface area contributed by atoms with Crippen molar-refractivity contribution < 1.29 is 15.0 Å². The monoisotopic (exact) mass is 188 g/mol. The minimum atomic E-state index is -1.30. The van der Waals surface area contributed by atoms with E-state index < -0.39 is 11.5 Å². The lowest BCUT2D eigenvalue weighted by Crippen LogP contribution is -1.97. The molecule has 1 N–H and O–H groups in total. The van der Waals surface area contributed by atoms with Crippen LogP contribution < -0.4 is 5.11 Å². The van der Waals surface area contributed by atoms with Gasteiger partial charge in [0, 0.05) is 0 Å². The van der Waals surface area contributed by atoms with Crippen molar-refractivity contribution in [3.8, 4) is 11.8 Å². The summed E-state index contributed by atoms with van der Waals surface area (Å²) in [5, 5.41) is 27.9. The Morgan fingerprint density at radius 3 is 2.79 bits per heavy atom. The Bertz CT molecular complexity index is 429. The smallest absolute Gasteiger partial charge is 0.346 e. The van der Waals surface area contributed by atoms with E-state index in [0.717, 1.165) is 6.08 Å². The zero-order chi connectivity index (χ0) is 10.6. The molecule has 0 spiro atoms. The van der Waals surface area contributed by atoms with Crippen molar-refractivity contribution in [2.75, 3.05) is 0 Å². The molecule has 0 saturated heterocycles. The Hall–Kier alpha value is -2.28. The van der Waals surface area contributed by atoms with Crippen LogP contribution in [0.25, 0.3) is 6.08 Å². The summed E-state index contributed by atoms with van der Waals surface area (Å²) in [7, 11) is 0. The van der Waals surface area contributed by atoms with Gasteiger partial charge in [0.2, 0.25) is 0 Å². The molecular formula is C10H6NO3-. The van der Waals surface area contributed by atoms with Crippen molar-refractivity contribution in [1.29, 1.82) is 5.26 Å². The first-order valence-corrected chi connectivity index (χ1v) is 3.75. The minimum absolute atomic E-state index is 0.221. The van der Waals surface area contributed by atoms with Gasteiger partial charge in [-0.3, -0.25) is 0 Å². The van der Waals surface area contributed by atoms with Crippen LogP contribution in [0.15, 0.2) is 29.8 Å². The third-order valence-corrected chi connectivity index (χ3v) is 1.52. The summed E-state index contributed by atoms with van der Waals surface area (Å²) in [4.78, 5) is 10.5. The molecule has 4 heteroatoms. The van der Waals surface area contributed by atoms with E-state index in [0.29, 0.717) is 5.56 Å². The first-order chi connectivity index (χ1) is 6.63. The number of hydrogen-bond acceptors (Lipinski definition) is 3. The van der Waals surface area contributed by atoms with E-state index in [1.165, 1.54) is 24.3 Å². The van der Waals surface area contributed by atoms with Crippen molar-refractivity contribution in [2.24, 2.45) is 0 Å². The largest absolute Gasteiger partial charge is 0.872 e. The molecule has 0 aliphatic heterocycles. The molecule has 0 amide bonds. The number of carboxylic acid groups (broad SMARTS) is 1. The van der Waals surface area contributed by atoms with Gasteiger partial charge in [-0.1, -0.05) is 24.3 Å². The Kier molecular flexibility index (Phi) is 2.87. The lowest BCUT2D eigenvalue weighted by atomic mass is 10.1. The van der Waals surface area contributed by atoms with Gasteiger partial charge in [0.1, 0.15) is 11.6 Å². The highest BCUT2D eigenvalue weighted by molar-refractivity contribution is 5.96. The van der Waals surface area contributed by atoms with Gasteiger partial charge in [0.25, 0.3) is 0 Å². The van der Waals surface area contributed by atoms with E-state index in [2.05, 4.69) is 0 Å². The van der Waals surface area contributed by atoms with Gasteiger partial charge in [-0.05, 0) is 11.6 Å². The van der Waals surface area contributed by atoms with Crippen LogP contribution in [0.2, 0.25) is 0 Å². The summed E-state index contributed by atoms with van der Waals surface area (Å²) in [6.07, 6.45) is 1.16. The van der Waals surface area contributed by atoms with Gasteiger partial charge in [-0.15, -0.1) is 5.75 Å². The van der Waals surface area contributed by atoms with E-state index in [1.54, 1.807) is 6.07 Å². The molecule has 0 aliphatic rings. The van der Waals surface area contributed by atoms with Gasteiger partial charge in [0.05, 0.1) is 0 Å². The fraction of sp³-hybridized carbons (Fsp3) is 0. The van der Waals surface area contributed by atoms with Crippen LogP contribution in [-0.4, -0.2) is 11.1 Å². The van der Waals surface area contributed by atoms with Crippen LogP contribution >= 0.6 is 0 Å². The predicted octanol–water partition coefficient (Wildman–Crippen LogP) is 0.752. The molecule has 0 saturated carbocycles. The van der Waals surface area contributed by atoms with Crippen LogP contribution in [0.3, 0.4) is 0 Å². The molecule has 0 bridgehead atoms. The van der Waals surface area contributed by atoms with Gasteiger partial charge < -0.3 is 10.2 Å². The third-order valence-electron chi connectivity index (χ3n) is 1.52. The summed E-state index contributed by atoms with van der Waals surface area (Å²) in [6, 6.07) is 7.21. The molecule has 14 heavy (non-hydrogen) atoms. The van der Waals surface area contributed by atoms with E-state index >= 15 is 0 Å². The Morgan fingerprint density at radius 1 is 1.57 bits per heavy atom. The van der Waals surface area contributed by atoms with E-state index in [1.807, 2.05) is 0 Å². The van der Waals surface area contributed by atoms with Gasteiger partial charge in [-0.2, -0.15) is 5.26 Å². The second kappa shape index (κ2) is 4.10. The average Bonchev–Trinajstić information content (AvgIpc) is 2.14. The van der Waals surface area contributed by atoms with E-state index in [9.17, 15) is 9.90 Å². The zero-order valence-corrected chi connectivity index (χ0v) is 7.10. The molecule has 1 aromatic carbocycles.